The number of aromatic nitrogens is 1. The van der Waals surface area contributed by atoms with Gasteiger partial charge in [-0.05, 0) is 37.3 Å². The minimum atomic E-state index is -0.590. The van der Waals surface area contributed by atoms with E-state index in [2.05, 4.69) is 10.3 Å². The Kier molecular flexibility index (Phi) is 5.26. The molecule has 156 valence electrons. The monoisotopic (exact) mass is 431 g/mol. The van der Waals surface area contributed by atoms with Crippen LogP contribution in [0.15, 0.2) is 41.2 Å². The summed E-state index contributed by atoms with van der Waals surface area (Å²) in [6.07, 6.45) is -0.586. The van der Waals surface area contributed by atoms with Crippen molar-refractivity contribution in [2.45, 2.75) is 13.0 Å². The van der Waals surface area contributed by atoms with Gasteiger partial charge >= 0.3 is 6.09 Å². The molecule has 1 fully saturated rings. The smallest absolute Gasteiger partial charge is 0.414 e. The lowest BCUT2D eigenvalue weighted by Gasteiger charge is -2.20. The highest BCUT2D eigenvalue weighted by Crippen LogP contribution is 2.33. The Bertz CT molecular complexity index is 1200. The number of halogens is 2. The summed E-state index contributed by atoms with van der Waals surface area (Å²) in [6.45, 7) is 2.24. The van der Waals surface area contributed by atoms with Crippen molar-refractivity contribution in [2.24, 2.45) is 0 Å². The summed E-state index contributed by atoms with van der Waals surface area (Å²) in [5.74, 6) is -0.133. The first-order valence-corrected chi connectivity index (χ1v) is 9.67. The summed E-state index contributed by atoms with van der Waals surface area (Å²) in [5.41, 5.74) is 0.831. The van der Waals surface area contributed by atoms with Gasteiger partial charge in [0.2, 0.25) is 0 Å². The lowest BCUT2D eigenvalue weighted by atomic mass is 10.1. The molecule has 1 aliphatic rings. The maximum absolute atomic E-state index is 15.0. The fourth-order valence-corrected chi connectivity index (χ4v) is 3.78. The van der Waals surface area contributed by atoms with Crippen LogP contribution in [0.3, 0.4) is 0 Å². The Morgan fingerprint density at radius 2 is 2.10 bits per heavy atom. The van der Waals surface area contributed by atoms with Crippen molar-refractivity contribution < 1.29 is 18.7 Å². The zero-order valence-electron chi connectivity index (χ0n) is 16.3. The molecule has 7 nitrogen and oxygen atoms in total. The zero-order chi connectivity index (χ0) is 21.4. The van der Waals surface area contributed by atoms with E-state index in [4.69, 9.17) is 21.1 Å². The first kappa shape index (κ1) is 20.0. The summed E-state index contributed by atoms with van der Waals surface area (Å²) in [5, 5.41) is 4.05. The molecular weight excluding hydrogens is 413 g/mol. The van der Waals surface area contributed by atoms with Gasteiger partial charge in [0.05, 0.1) is 36.6 Å². The second kappa shape index (κ2) is 7.87. The second-order valence-electron chi connectivity index (χ2n) is 6.87. The molecule has 0 radical (unpaired) electrons. The van der Waals surface area contributed by atoms with E-state index in [1.54, 1.807) is 37.3 Å². The molecule has 0 unspecified atom stereocenters. The highest BCUT2D eigenvalue weighted by Gasteiger charge is 2.27. The van der Waals surface area contributed by atoms with E-state index in [0.29, 0.717) is 21.9 Å². The van der Waals surface area contributed by atoms with Gasteiger partial charge in [-0.1, -0.05) is 17.7 Å². The molecule has 1 aliphatic heterocycles. The van der Waals surface area contributed by atoms with E-state index in [9.17, 15) is 9.59 Å². The molecule has 1 saturated heterocycles. The number of carbonyl (C=O) groups is 1. The van der Waals surface area contributed by atoms with E-state index >= 15 is 4.39 Å². The van der Waals surface area contributed by atoms with Crippen LogP contribution in [0.25, 0.3) is 10.9 Å². The molecule has 1 atom stereocenters. The first-order chi connectivity index (χ1) is 14.4. The maximum atomic E-state index is 15.0. The van der Waals surface area contributed by atoms with Crippen LogP contribution < -0.4 is 20.5 Å². The van der Waals surface area contributed by atoms with Crippen LogP contribution in [0.5, 0.6) is 5.75 Å². The van der Waals surface area contributed by atoms with Crippen LogP contribution in [-0.4, -0.2) is 31.3 Å². The number of amides is 1. The third-order valence-electron chi connectivity index (χ3n) is 5.04. The van der Waals surface area contributed by atoms with Crippen LogP contribution in [0.1, 0.15) is 18.5 Å². The molecule has 30 heavy (non-hydrogen) atoms. The number of anilines is 2. The van der Waals surface area contributed by atoms with Gasteiger partial charge in [-0.2, -0.15) is 0 Å². The van der Waals surface area contributed by atoms with Gasteiger partial charge in [-0.15, -0.1) is 0 Å². The predicted molar refractivity (Wildman–Crippen MR) is 113 cm³/mol. The number of pyridine rings is 1. The number of carbonyl (C=O) groups excluding carboxylic acids is 1. The van der Waals surface area contributed by atoms with Gasteiger partial charge in [0.25, 0.3) is 5.56 Å². The maximum Gasteiger partial charge on any atom is 0.414 e. The van der Waals surface area contributed by atoms with Crippen molar-refractivity contribution in [1.82, 2.24) is 4.98 Å². The number of nitrogens with zero attached hydrogens (tertiary/aromatic N) is 1. The number of ether oxygens (including phenoxy) is 2. The predicted octanol–water partition coefficient (Wildman–Crippen LogP) is 4.46. The van der Waals surface area contributed by atoms with Gasteiger partial charge in [0, 0.05) is 10.9 Å². The van der Waals surface area contributed by atoms with Crippen molar-refractivity contribution in [3.05, 3.63) is 63.2 Å². The molecule has 2 heterocycles. The highest BCUT2D eigenvalue weighted by atomic mass is 35.5. The molecule has 3 aromatic rings. The van der Waals surface area contributed by atoms with Gasteiger partial charge in [0.1, 0.15) is 17.4 Å². The standard InChI is InChI=1S/C21H19ClFN3O4/c1-11(13-10-12-6-7-16(29-2)17(22)19(12)25-20(13)27)24-14-4-3-5-15(18(14)23)26-8-9-30-21(26)28/h3-7,10-11,24H,8-9H2,1-2H3,(H,25,27)/t11-/m0/s1. The fourth-order valence-electron chi connectivity index (χ4n) is 3.48. The molecule has 2 N–H and O–H groups in total. The Labute approximate surface area is 176 Å². The number of methoxy groups -OCH3 is 1. The number of aromatic amines is 1. The number of nitrogens with one attached hydrogen (secondary N) is 2. The lowest BCUT2D eigenvalue weighted by Crippen LogP contribution is -2.25. The van der Waals surface area contributed by atoms with E-state index in [-0.39, 0.29) is 30.1 Å². The van der Waals surface area contributed by atoms with Gasteiger partial charge in [-0.3, -0.25) is 9.69 Å². The van der Waals surface area contributed by atoms with Crippen LogP contribution in [0.4, 0.5) is 20.6 Å². The second-order valence-corrected chi connectivity index (χ2v) is 7.25. The van der Waals surface area contributed by atoms with Crippen molar-refractivity contribution in [3.8, 4) is 5.75 Å². The van der Waals surface area contributed by atoms with E-state index in [1.165, 1.54) is 18.1 Å². The third-order valence-corrected chi connectivity index (χ3v) is 5.41. The fraction of sp³-hybridized carbons (Fsp3) is 0.238. The van der Waals surface area contributed by atoms with Crippen LogP contribution in [0, 0.1) is 5.82 Å². The zero-order valence-corrected chi connectivity index (χ0v) is 17.0. The summed E-state index contributed by atoms with van der Waals surface area (Å²) in [7, 11) is 1.50. The Balaban J connectivity index is 1.67. The number of rotatable bonds is 5. The van der Waals surface area contributed by atoms with Gasteiger partial charge in [-0.25, -0.2) is 9.18 Å². The van der Waals surface area contributed by atoms with Gasteiger partial charge in [0.15, 0.2) is 5.82 Å². The van der Waals surface area contributed by atoms with Crippen molar-refractivity contribution in [2.75, 3.05) is 30.5 Å². The van der Waals surface area contributed by atoms with Crippen LogP contribution >= 0.6 is 11.6 Å². The summed E-state index contributed by atoms with van der Waals surface area (Å²) in [6, 6.07) is 9.38. The average molecular weight is 432 g/mol. The molecule has 9 heteroatoms. The number of hydrogen-bond donors (Lipinski definition) is 2. The molecular formula is C21H19ClFN3O4. The van der Waals surface area contributed by atoms with Crippen molar-refractivity contribution in [3.63, 3.8) is 0 Å². The Morgan fingerprint density at radius 1 is 1.30 bits per heavy atom. The summed E-state index contributed by atoms with van der Waals surface area (Å²) >= 11 is 6.28. The van der Waals surface area contributed by atoms with Crippen molar-refractivity contribution in [1.29, 1.82) is 0 Å². The molecule has 4 rings (SSSR count). The number of cyclic esters (lactones) is 1. The van der Waals surface area contributed by atoms with E-state index in [1.807, 2.05) is 0 Å². The van der Waals surface area contributed by atoms with Crippen molar-refractivity contribution >= 4 is 40.0 Å². The molecule has 0 bridgehead atoms. The minimum Gasteiger partial charge on any atom is -0.495 e. The molecule has 0 saturated carbocycles. The molecule has 1 aromatic heterocycles. The highest BCUT2D eigenvalue weighted by molar-refractivity contribution is 6.36. The number of H-pyrrole nitrogens is 1. The topological polar surface area (TPSA) is 83.7 Å². The lowest BCUT2D eigenvalue weighted by molar-refractivity contribution is 0.181. The van der Waals surface area contributed by atoms with E-state index < -0.39 is 18.0 Å². The quantitative estimate of drug-likeness (QED) is 0.623. The minimum absolute atomic E-state index is 0.126. The van der Waals surface area contributed by atoms with Crippen LogP contribution in [-0.2, 0) is 4.74 Å². The van der Waals surface area contributed by atoms with Crippen LogP contribution in [0.2, 0.25) is 5.02 Å². The Hall–Kier alpha value is -3.26. The van der Waals surface area contributed by atoms with E-state index in [0.717, 1.165) is 5.39 Å². The summed E-state index contributed by atoms with van der Waals surface area (Å²) in [4.78, 5) is 28.5. The Morgan fingerprint density at radius 3 is 2.80 bits per heavy atom. The SMILES string of the molecule is COc1ccc2cc([C@H](C)Nc3cccc(N4CCOC4=O)c3F)c(=O)[nH]c2c1Cl. The molecule has 1 amide bonds. The largest absolute Gasteiger partial charge is 0.495 e. The number of hydrogen-bond acceptors (Lipinski definition) is 5. The summed E-state index contributed by atoms with van der Waals surface area (Å²) < 4.78 is 25.1. The molecule has 2 aromatic carbocycles. The average Bonchev–Trinajstić information content (AvgIpc) is 3.15. The van der Waals surface area contributed by atoms with Gasteiger partial charge < -0.3 is 19.8 Å². The third kappa shape index (κ3) is 3.43. The first-order valence-electron chi connectivity index (χ1n) is 9.29. The number of benzene rings is 2. The molecule has 0 spiro atoms. The molecule has 0 aliphatic carbocycles. The number of fused-ring (bicyclic) bond motifs is 1. The normalized spacial score (nSPS) is 14.7.